The van der Waals surface area contributed by atoms with E-state index in [0.29, 0.717) is 15.6 Å². The molecule has 0 fully saturated rings. The zero-order valence-electron chi connectivity index (χ0n) is 9.11. The van der Waals surface area contributed by atoms with Gasteiger partial charge in [0.15, 0.2) is 0 Å². The monoisotopic (exact) mass is 264 g/mol. The third kappa shape index (κ3) is 3.61. The molecule has 5 heteroatoms. The predicted molar refractivity (Wildman–Crippen MR) is 63.8 cm³/mol. The third-order valence-electron chi connectivity index (χ3n) is 2.07. The van der Waals surface area contributed by atoms with Crippen molar-refractivity contribution in [2.24, 2.45) is 0 Å². The molecule has 2 atom stereocenters. The largest absolute Gasteiger partial charge is 0.390 e. The van der Waals surface area contributed by atoms with E-state index < -0.39 is 12.2 Å². The van der Waals surface area contributed by atoms with Gasteiger partial charge in [0.25, 0.3) is 0 Å². The minimum Gasteiger partial charge on any atom is -0.390 e. The molecule has 0 spiro atoms. The van der Waals surface area contributed by atoms with Gasteiger partial charge in [-0.05, 0) is 25.1 Å². The Morgan fingerprint density at radius 2 is 2.06 bits per heavy atom. The zero-order chi connectivity index (χ0) is 12.1. The fraction of sp³-hybridized carbons (Fsp3) is 0.455. The Bertz CT molecular complexity index is 342. The minimum atomic E-state index is -0.703. The Hall–Kier alpha value is -0.320. The standard InChI is InChI=1S/C11H14Cl2O3/c1-7(14)11(16-6-15-2)9-5-8(12)3-4-10(9)13/h3-5,7,11,14H,6H2,1-2H3/t7?,11-/m0/s1. The summed E-state index contributed by atoms with van der Waals surface area (Å²) in [6.07, 6.45) is -1.25. The van der Waals surface area contributed by atoms with Crippen molar-refractivity contribution in [3.63, 3.8) is 0 Å². The molecular formula is C11H14Cl2O3. The van der Waals surface area contributed by atoms with Gasteiger partial charge in [-0.1, -0.05) is 23.2 Å². The summed E-state index contributed by atoms with van der Waals surface area (Å²) in [5.41, 5.74) is 0.654. The number of rotatable bonds is 5. The van der Waals surface area contributed by atoms with Crippen molar-refractivity contribution in [3.05, 3.63) is 33.8 Å². The van der Waals surface area contributed by atoms with Gasteiger partial charge in [-0.3, -0.25) is 0 Å². The summed E-state index contributed by atoms with van der Waals surface area (Å²) in [5, 5.41) is 10.7. The predicted octanol–water partition coefficient (Wildman–Crippen LogP) is 3.04. The summed E-state index contributed by atoms with van der Waals surface area (Å²) >= 11 is 11.9. The molecule has 0 aliphatic rings. The highest BCUT2D eigenvalue weighted by molar-refractivity contribution is 6.33. The molecule has 90 valence electrons. The summed E-state index contributed by atoms with van der Waals surface area (Å²) in [7, 11) is 1.51. The zero-order valence-corrected chi connectivity index (χ0v) is 10.6. The van der Waals surface area contributed by atoms with Gasteiger partial charge in [-0.25, -0.2) is 0 Å². The lowest BCUT2D eigenvalue weighted by molar-refractivity contribution is -0.110. The van der Waals surface area contributed by atoms with Crippen LogP contribution in [-0.4, -0.2) is 25.1 Å². The second kappa shape index (κ2) is 6.42. The van der Waals surface area contributed by atoms with Crippen LogP contribution < -0.4 is 0 Å². The quantitative estimate of drug-likeness (QED) is 0.831. The molecule has 0 amide bonds. The first-order valence-electron chi connectivity index (χ1n) is 4.79. The smallest absolute Gasteiger partial charge is 0.147 e. The van der Waals surface area contributed by atoms with Gasteiger partial charge < -0.3 is 14.6 Å². The fourth-order valence-electron chi connectivity index (χ4n) is 1.36. The van der Waals surface area contributed by atoms with Crippen LogP contribution in [0, 0.1) is 0 Å². The van der Waals surface area contributed by atoms with Crippen molar-refractivity contribution in [2.75, 3.05) is 13.9 Å². The van der Waals surface area contributed by atoms with E-state index in [9.17, 15) is 5.11 Å². The van der Waals surface area contributed by atoms with E-state index >= 15 is 0 Å². The molecule has 1 rings (SSSR count). The summed E-state index contributed by atoms with van der Waals surface area (Å²) < 4.78 is 10.2. The first-order valence-corrected chi connectivity index (χ1v) is 5.55. The molecule has 1 unspecified atom stereocenters. The molecule has 0 heterocycles. The molecule has 0 bridgehead atoms. The van der Waals surface area contributed by atoms with E-state index in [-0.39, 0.29) is 6.79 Å². The lowest BCUT2D eigenvalue weighted by Gasteiger charge is -2.21. The highest BCUT2D eigenvalue weighted by atomic mass is 35.5. The van der Waals surface area contributed by atoms with Crippen molar-refractivity contribution < 1.29 is 14.6 Å². The lowest BCUT2D eigenvalue weighted by Crippen LogP contribution is -2.19. The van der Waals surface area contributed by atoms with Crippen LogP contribution in [0.4, 0.5) is 0 Å². The fourth-order valence-corrected chi connectivity index (χ4v) is 1.77. The van der Waals surface area contributed by atoms with Crippen LogP contribution in [0.15, 0.2) is 18.2 Å². The molecule has 0 saturated heterocycles. The number of hydrogen-bond acceptors (Lipinski definition) is 3. The van der Waals surface area contributed by atoms with Gasteiger partial charge >= 0.3 is 0 Å². The first kappa shape index (κ1) is 13.7. The van der Waals surface area contributed by atoms with E-state index in [2.05, 4.69) is 0 Å². The number of hydrogen-bond donors (Lipinski definition) is 1. The minimum absolute atomic E-state index is 0.0818. The lowest BCUT2D eigenvalue weighted by atomic mass is 10.1. The Labute approximate surface area is 105 Å². The molecular weight excluding hydrogens is 251 g/mol. The topological polar surface area (TPSA) is 38.7 Å². The molecule has 1 N–H and O–H groups in total. The average Bonchev–Trinajstić information content (AvgIpc) is 2.23. The number of methoxy groups -OCH3 is 1. The van der Waals surface area contributed by atoms with Crippen molar-refractivity contribution >= 4 is 23.2 Å². The molecule has 1 aromatic carbocycles. The second-order valence-electron chi connectivity index (χ2n) is 3.40. The molecule has 0 aliphatic heterocycles. The van der Waals surface area contributed by atoms with Gasteiger partial charge in [0.05, 0.1) is 6.10 Å². The van der Waals surface area contributed by atoms with Crippen molar-refractivity contribution in [1.29, 1.82) is 0 Å². The van der Waals surface area contributed by atoms with Crippen LogP contribution in [0.3, 0.4) is 0 Å². The number of halogens is 2. The Morgan fingerprint density at radius 1 is 1.38 bits per heavy atom. The molecule has 0 aliphatic carbocycles. The van der Waals surface area contributed by atoms with Crippen molar-refractivity contribution in [3.8, 4) is 0 Å². The van der Waals surface area contributed by atoms with Gasteiger partial charge in [-0.15, -0.1) is 0 Å². The van der Waals surface area contributed by atoms with Crippen LogP contribution in [0.25, 0.3) is 0 Å². The van der Waals surface area contributed by atoms with Gasteiger partial charge in [0.2, 0.25) is 0 Å². The first-order chi connectivity index (χ1) is 7.56. The Kier molecular flexibility index (Phi) is 5.52. The van der Waals surface area contributed by atoms with E-state index in [0.717, 1.165) is 0 Å². The van der Waals surface area contributed by atoms with Crippen LogP contribution in [-0.2, 0) is 9.47 Å². The molecule has 3 nitrogen and oxygen atoms in total. The van der Waals surface area contributed by atoms with E-state index in [4.69, 9.17) is 32.7 Å². The summed E-state index contributed by atoms with van der Waals surface area (Å²) in [4.78, 5) is 0. The summed E-state index contributed by atoms with van der Waals surface area (Å²) in [6, 6.07) is 5.03. The number of benzene rings is 1. The van der Waals surface area contributed by atoms with Crippen molar-refractivity contribution in [1.82, 2.24) is 0 Å². The van der Waals surface area contributed by atoms with Gasteiger partial charge in [-0.2, -0.15) is 0 Å². The summed E-state index contributed by atoms with van der Waals surface area (Å²) in [5.74, 6) is 0. The second-order valence-corrected chi connectivity index (χ2v) is 4.24. The van der Waals surface area contributed by atoms with Crippen LogP contribution in [0.2, 0.25) is 10.0 Å². The van der Waals surface area contributed by atoms with Gasteiger partial charge in [0.1, 0.15) is 12.9 Å². The van der Waals surface area contributed by atoms with Crippen LogP contribution in [0.5, 0.6) is 0 Å². The molecule has 1 aromatic rings. The maximum Gasteiger partial charge on any atom is 0.147 e. The average molecular weight is 265 g/mol. The SMILES string of the molecule is COCO[C@H](c1cc(Cl)ccc1Cl)C(C)O. The maximum absolute atomic E-state index is 9.63. The van der Waals surface area contributed by atoms with E-state index in [1.165, 1.54) is 7.11 Å². The summed E-state index contributed by atoms with van der Waals surface area (Å²) in [6.45, 7) is 1.70. The number of aliphatic hydroxyl groups excluding tert-OH is 1. The molecule has 0 saturated carbocycles. The highest BCUT2D eigenvalue weighted by Gasteiger charge is 2.21. The Morgan fingerprint density at radius 3 is 2.62 bits per heavy atom. The van der Waals surface area contributed by atoms with Crippen LogP contribution in [0.1, 0.15) is 18.6 Å². The number of ether oxygens (including phenoxy) is 2. The number of aliphatic hydroxyl groups is 1. The molecule has 0 radical (unpaired) electrons. The van der Waals surface area contributed by atoms with E-state index in [1.807, 2.05) is 0 Å². The van der Waals surface area contributed by atoms with Gasteiger partial charge in [0, 0.05) is 22.7 Å². The maximum atomic E-state index is 9.63. The van der Waals surface area contributed by atoms with Crippen molar-refractivity contribution in [2.45, 2.75) is 19.1 Å². The third-order valence-corrected chi connectivity index (χ3v) is 2.65. The van der Waals surface area contributed by atoms with Crippen LogP contribution >= 0.6 is 23.2 Å². The highest BCUT2D eigenvalue weighted by Crippen LogP contribution is 2.30. The normalized spacial score (nSPS) is 14.8. The van der Waals surface area contributed by atoms with E-state index in [1.54, 1.807) is 25.1 Å². The molecule has 0 aromatic heterocycles. The Balaban J connectivity index is 2.95. The molecule has 16 heavy (non-hydrogen) atoms.